The average Bonchev–Trinajstić information content (AvgIpc) is 2.45. The van der Waals surface area contributed by atoms with Gasteiger partial charge in [0.25, 0.3) is 0 Å². The van der Waals surface area contributed by atoms with E-state index < -0.39 is 0 Å². The van der Waals surface area contributed by atoms with E-state index in [2.05, 4.69) is 0 Å². The molecule has 4 nitrogen and oxygen atoms in total. The molecule has 1 rings (SSSR count). The number of urea groups is 1. The molecule has 0 saturated carbocycles. The van der Waals surface area contributed by atoms with Crippen molar-refractivity contribution in [2.75, 3.05) is 26.2 Å². The highest BCUT2D eigenvalue weighted by atomic mass is 16.2. The number of carbonyl (C=O) groups excluding carboxylic acids is 1. The summed E-state index contributed by atoms with van der Waals surface area (Å²) in [5, 5.41) is 0. The highest BCUT2D eigenvalue weighted by Crippen LogP contribution is 2.10. The lowest BCUT2D eigenvalue weighted by molar-refractivity contribution is 0.182. The molecular formula is C8H17N3O. The van der Waals surface area contributed by atoms with Gasteiger partial charge >= 0.3 is 6.03 Å². The molecule has 0 spiro atoms. The fourth-order valence-electron chi connectivity index (χ4n) is 1.43. The van der Waals surface area contributed by atoms with Gasteiger partial charge in [-0.2, -0.15) is 0 Å². The van der Waals surface area contributed by atoms with Crippen LogP contribution in [-0.4, -0.2) is 48.1 Å². The van der Waals surface area contributed by atoms with Crippen molar-refractivity contribution in [2.45, 2.75) is 19.9 Å². The van der Waals surface area contributed by atoms with Crippen LogP contribution in [0.15, 0.2) is 0 Å². The summed E-state index contributed by atoms with van der Waals surface area (Å²) in [6, 6.07) is 0.310. The van der Waals surface area contributed by atoms with Crippen LogP contribution in [0.25, 0.3) is 0 Å². The Hall–Kier alpha value is -0.770. The lowest BCUT2D eigenvalue weighted by Crippen LogP contribution is -2.41. The van der Waals surface area contributed by atoms with E-state index in [1.165, 1.54) is 0 Å². The molecule has 70 valence electrons. The van der Waals surface area contributed by atoms with Crippen LogP contribution in [0.5, 0.6) is 0 Å². The van der Waals surface area contributed by atoms with Gasteiger partial charge in [-0.05, 0) is 13.8 Å². The van der Waals surface area contributed by atoms with E-state index >= 15 is 0 Å². The molecule has 0 bridgehead atoms. The van der Waals surface area contributed by atoms with Gasteiger partial charge in [0.15, 0.2) is 0 Å². The predicted octanol–water partition coefficient (Wildman–Crippen LogP) is 0.0911. The average molecular weight is 171 g/mol. The van der Waals surface area contributed by atoms with E-state index in [4.69, 9.17) is 5.73 Å². The van der Waals surface area contributed by atoms with Crippen LogP contribution in [-0.2, 0) is 0 Å². The molecule has 4 heteroatoms. The Balaban J connectivity index is 2.54. The number of likely N-dealkylation sites (N-methyl/N-ethyl adjacent to an activating group) is 1. The maximum Gasteiger partial charge on any atom is 0.320 e. The Bertz CT molecular complexity index is 172. The van der Waals surface area contributed by atoms with Crippen molar-refractivity contribution in [3.05, 3.63) is 0 Å². The zero-order chi connectivity index (χ0) is 9.14. The highest BCUT2D eigenvalue weighted by Gasteiger charge is 2.29. The standard InChI is InChI=1S/C8H17N3O/c1-3-10-4-5-11(8(10)12)7(2)6-9/h7H,3-6,9H2,1-2H3. The lowest BCUT2D eigenvalue weighted by atomic mass is 10.3. The van der Waals surface area contributed by atoms with Crippen LogP contribution >= 0.6 is 0 Å². The van der Waals surface area contributed by atoms with Crippen LogP contribution in [0, 0.1) is 0 Å². The van der Waals surface area contributed by atoms with E-state index in [0.29, 0.717) is 6.54 Å². The Morgan fingerprint density at radius 1 is 1.58 bits per heavy atom. The largest absolute Gasteiger partial charge is 0.328 e. The molecule has 1 unspecified atom stereocenters. The molecule has 12 heavy (non-hydrogen) atoms. The van der Waals surface area contributed by atoms with E-state index in [1.807, 2.05) is 23.6 Å². The Morgan fingerprint density at radius 2 is 2.25 bits per heavy atom. The zero-order valence-electron chi connectivity index (χ0n) is 7.79. The van der Waals surface area contributed by atoms with Crippen molar-refractivity contribution in [1.29, 1.82) is 0 Å². The normalized spacial score (nSPS) is 20.4. The smallest absolute Gasteiger partial charge is 0.320 e. The number of hydrogen-bond donors (Lipinski definition) is 1. The molecule has 0 aliphatic carbocycles. The molecule has 1 saturated heterocycles. The van der Waals surface area contributed by atoms with Gasteiger partial charge < -0.3 is 15.5 Å². The Kier molecular flexibility index (Phi) is 2.92. The lowest BCUT2D eigenvalue weighted by Gasteiger charge is -2.22. The number of hydrogen-bond acceptors (Lipinski definition) is 2. The van der Waals surface area contributed by atoms with Gasteiger partial charge in [-0.15, -0.1) is 0 Å². The fourth-order valence-corrected chi connectivity index (χ4v) is 1.43. The molecule has 1 fully saturated rings. The molecule has 1 aliphatic heterocycles. The van der Waals surface area contributed by atoms with Gasteiger partial charge in [-0.3, -0.25) is 0 Å². The van der Waals surface area contributed by atoms with Crippen molar-refractivity contribution in [1.82, 2.24) is 9.80 Å². The van der Waals surface area contributed by atoms with Gasteiger partial charge in [-0.1, -0.05) is 0 Å². The molecular weight excluding hydrogens is 154 g/mol. The molecule has 1 aliphatic rings. The minimum Gasteiger partial charge on any atom is -0.328 e. The number of carbonyl (C=O) groups is 1. The van der Waals surface area contributed by atoms with E-state index in [0.717, 1.165) is 19.6 Å². The summed E-state index contributed by atoms with van der Waals surface area (Å²) >= 11 is 0. The number of nitrogens with zero attached hydrogens (tertiary/aromatic N) is 2. The number of rotatable bonds is 3. The minimum atomic E-state index is 0.135. The van der Waals surface area contributed by atoms with Gasteiger partial charge in [0.1, 0.15) is 0 Å². The third-order valence-corrected chi connectivity index (χ3v) is 2.38. The van der Waals surface area contributed by atoms with Gasteiger partial charge in [0, 0.05) is 32.2 Å². The van der Waals surface area contributed by atoms with E-state index in [9.17, 15) is 4.79 Å². The summed E-state index contributed by atoms with van der Waals surface area (Å²) in [5.41, 5.74) is 5.49. The summed E-state index contributed by atoms with van der Waals surface area (Å²) in [4.78, 5) is 15.2. The minimum absolute atomic E-state index is 0.135. The predicted molar refractivity (Wildman–Crippen MR) is 47.9 cm³/mol. The first-order valence-corrected chi connectivity index (χ1v) is 4.46. The SMILES string of the molecule is CCN1CCN(C(C)CN)C1=O. The monoisotopic (exact) mass is 171 g/mol. The number of nitrogens with two attached hydrogens (primary N) is 1. The molecule has 0 aromatic carbocycles. The third kappa shape index (κ3) is 1.53. The molecule has 1 atom stereocenters. The van der Waals surface area contributed by atoms with Crippen molar-refractivity contribution >= 4 is 6.03 Å². The summed E-state index contributed by atoms with van der Waals surface area (Å²) < 4.78 is 0. The topological polar surface area (TPSA) is 49.6 Å². The summed E-state index contributed by atoms with van der Waals surface area (Å²) in [7, 11) is 0. The van der Waals surface area contributed by atoms with E-state index in [1.54, 1.807) is 0 Å². The quantitative estimate of drug-likeness (QED) is 0.654. The molecule has 0 aromatic rings. The van der Waals surface area contributed by atoms with E-state index in [-0.39, 0.29) is 12.1 Å². The molecule has 2 N–H and O–H groups in total. The fraction of sp³-hybridized carbons (Fsp3) is 0.875. The number of amides is 2. The van der Waals surface area contributed by atoms with Gasteiger partial charge in [0.2, 0.25) is 0 Å². The highest BCUT2D eigenvalue weighted by molar-refractivity contribution is 5.76. The maximum absolute atomic E-state index is 11.5. The van der Waals surface area contributed by atoms with Crippen LogP contribution < -0.4 is 5.73 Å². The second kappa shape index (κ2) is 3.76. The molecule has 0 radical (unpaired) electrons. The van der Waals surface area contributed by atoms with Crippen LogP contribution in [0.2, 0.25) is 0 Å². The summed E-state index contributed by atoms with van der Waals surface area (Å²) in [6.45, 7) is 6.99. The first kappa shape index (κ1) is 9.32. The first-order valence-electron chi connectivity index (χ1n) is 4.46. The van der Waals surface area contributed by atoms with Crippen LogP contribution in [0.1, 0.15) is 13.8 Å². The maximum atomic E-state index is 11.5. The molecule has 2 amide bonds. The molecule has 1 heterocycles. The van der Waals surface area contributed by atoms with Gasteiger partial charge in [0.05, 0.1) is 0 Å². The Morgan fingerprint density at radius 3 is 2.67 bits per heavy atom. The second-order valence-electron chi connectivity index (χ2n) is 3.14. The second-order valence-corrected chi connectivity index (χ2v) is 3.14. The van der Waals surface area contributed by atoms with Crippen LogP contribution in [0.3, 0.4) is 0 Å². The zero-order valence-corrected chi connectivity index (χ0v) is 7.79. The summed E-state index contributed by atoms with van der Waals surface area (Å²) in [6.07, 6.45) is 0. The van der Waals surface area contributed by atoms with Crippen molar-refractivity contribution in [2.24, 2.45) is 5.73 Å². The molecule has 0 aromatic heterocycles. The van der Waals surface area contributed by atoms with Crippen LogP contribution in [0.4, 0.5) is 4.79 Å². The summed E-state index contributed by atoms with van der Waals surface area (Å²) in [5.74, 6) is 0. The Labute approximate surface area is 73.3 Å². The third-order valence-electron chi connectivity index (χ3n) is 2.38. The van der Waals surface area contributed by atoms with Crippen molar-refractivity contribution in [3.63, 3.8) is 0 Å². The van der Waals surface area contributed by atoms with Crippen molar-refractivity contribution in [3.8, 4) is 0 Å². The van der Waals surface area contributed by atoms with Crippen molar-refractivity contribution < 1.29 is 4.79 Å². The van der Waals surface area contributed by atoms with Gasteiger partial charge in [-0.25, -0.2) is 4.79 Å². The first-order chi connectivity index (χ1) is 5.70.